The molecule has 0 aliphatic heterocycles. The minimum Gasteiger partial charge on any atom is -0.503 e. The molecule has 1 aromatic rings. The second-order valence-electron chi connectivity index (χ2n) is 2.25. The maximum Gasteiger partial charge on any atom is 0.574 e. The van der Waals surface area contributed by atoms with Gasteiger partial charge in [0.05, 0.1) is 13.3 Å². The van der Waals surface area contributed by atoms with Crippen molar-refractivity contribution in [3.8, 4) is 17.4 Å². The molecule has 0 saturated heterocycles. The molecule has 1 N–H and O–H groups in total. The molecule has 14 heavy (non-hydrogen) atoms. The van der Waals surface area contributed by atoms with E-state index >= 15 is 0 Å². The molecule has 0 aliphatic rings. The molecule has 1 aromatic heterocycles. The Kier molecular flexibility index (Phi) is 2.68. The zero-order chi connectivity index (χ0) is 10.8. The summed E-state index contributed by atoms with van der Waals surface area (Å²) < 4.78 is 43.1. The molecule has 0 bridgehead atoms. The van der Waals surface area contributed by atoms with Crippen molar-refractivity contribution in [1.82, 2.24) is 4.98 Å². The number of hydrogen-bond acceptors (Lipinski definition) is 4. The average molecular weight is 209 g/mol. The first-order chi connectivity index (χ1) is 6.42. The predicted molar refractivity (Wildman–Crippen MR) is 39.1 cm³/mol. The third-order valence-corrected chi connectivity index (χ3v) is 1.26. The fraction of sp³-hybridized carbons (Fsp3) is 0.286. The Morgan fingerprint density at radius 2 is 2.07 bits per heavy atom. The molecule has 1 heterocycles. The van der Waals surface area contributed by atoms with E-state index in [4.69, 9.17) is 5.11 Å². The van der Waals surface area contributed by atoms with Gasteiger partial charge in [-0.2, -0.15) is 0 Å². The Morgan fingerprint density at radius 1 is 1.43 bits per heavy atom. The Morgan fingerprint density at radius 3 is 2.50 bits per heavy atom. The Labute approximate surface area is 76.9 Å². The number of ether oxygens (including phenoxy) is 2. The van der Waals surface area contributed by atoms with Crippen LogP contribution in [0.2, 0.25) is 0 Å². The molecule has 0 fully saturated rings. The molecule has 0 radical (unpaired) electrons. The summed E-state index contributed by atoms with van der Waals surface area (Å²) in [7, 11) is 1.29. The van der Waals surface area contributed by atoms with E-state index in [1.54, 1.807) is 0 Å². The highest BCUT2D eigenvalue weighted by atomic mass is 19.4. The lowest BCUT2D eigenvalue weighted by Gasteiger charge is -2.09. The van der Waals surface area contributed by atoms with Crippen molar-refractivity contribution in [2.45, 2.75) is 6.36 Å². The van der Waals surface area contributed by atoms with E-state index in [9.17, 15) is 13.2 Å². The summed E-state index contributed by atoms with van der Waals surface area (Å²) in [4.78, 5) is 3.22. The molecular weight excluding hydrogens is 203 g/mol. The highest BCUT2D eigenvalue weighted by Gasteiger charge is 2.33. The lowest BCUT2D eigenvalue weighted by molar-refractivity contribution is -0.276. The highest BCUT2D eigenvalue weighted by Crippen LogP contribution is 2.31. The summed E-state index contributed by atoms with van der Waals surface area (Å²) >= 11 is 0. The number of rotatable bonds is 2. The number of aromatic hydroxyl groups is 1. The second kappa shape index (κ2) is 3.60. The van der Waals surface area contributed by atoms with Crippen LogP contribution in [0.5, 0.6) is 17.4 Å². The fourth-order valence-electron chi connectivity index (χ4n) is 0.722. The van der Waals surface area contributed by atoms with Gasteiger partial charge < -0.3 is 14.6 Å². The molecule has 0 unspecified atom stereocenters. The summed E-state index contributed by atoms with van der Waals surface area (Å²) in [6, 6.07) is 0.966. The van der Waals surface area contributed by atoms with Crippen LogP contribution in [0.15, 0.2) is 12.3 Å². The van der Waals surface area contributed by atoms with Crippen molar-refractivity contribution in [1.29, 1.82) is 0 Å². The van der Waals surface area contributed by atoms with Gasteiger partial charge in [0.15, 0.2) is 5.75 Å². The standard InChI is InChI=1S/C7H6F3NO3/c1-13-4-2-5(12)6(11-3-4)14-7(8,9)10/h2-3,12H,1H3. The van der Waals surface area contributed by atoms with Crippen LogP contribution in [0.3, 0.4) is 0 Å². The Balaban J connectivity index is 2.89. The zero-order valence-electron chi connectivity index (χ0n) is 7.00. The van der Waals surface area contributed by atoms with Gasteiger partial charge in [0.25, 0.3) is 5.88 Å². The van der Waals surface area contributed by atoms with Crippen LogP contribution in [0.25, 0.3) is 0 Å². The smallest absolute Gasteiger partial charge is 0.503 e. The molecule has 78 valence electrons. The topological polar surface area (TPSA) is 51.6 Å². The number of aromatic nitrogens is 1. The maximum atomic E-state index is 11.7. The van der Waals surface area contributed by atoms with Crippen molar-refractivity contribution in [3.63, 3.8) is 0 Å². The molecule has 0 aliphatic carbocycles. The monoisotopic (exact) mass is 209 g/mol. The predicted octanol–water partition coefficient (Wildman–Crippen LogP) is 1.69. The quantitative estimate of drug-likeness (QED) is 0.805. The van der Waals surface area contributed by atoms with Gasteiger partial charge in [0.2, 0.25) is 0 Å². The van der Waals surface area contributed by atoms with Crippen molar-refractivity contribution in [2.75, 3.05) is 7.11 Å². The summed E-state index contributed by atoms with van der Waals surface area (Å²) in [5, 5.41) is 9.02. The average Bonchev–Trinajstić information content (AvgIpc) is 2.06. The van der Waals surface area contributed by atoms with Gasteiger partial charge in [-0.1, -0.05) is 0 Å². The second-order valence-corrected chi connectivity index (χ2v) is 2.25. The van der Waals surface area contributed by atoms with E-state index < -0.39 is 18.0 Å². The van der Waals surface area contributed by atoms with Gasteiger partial charge in [0, 0.05) is 6.07 Å². The van der Waals surface area contributed by atoms with Crippen molar-refractivity contribution >= 4 is 0 Å². The van der Waals surface area contributed by atoms with Gasteiger partial charge in [-0.25, -0.2) is 4.98 Å². The molecule has 0 amide bonds. The van der Waals surface area contributed by atoms with E-state index in [0.717, 1.165) is 12.3 Å². The fourth-order valence-corrected chi connectivity index (χ4v) is 0.722. The lowest BCUT2D eigenvalue weighted by atomic mass is 10.4. The molecule has 1 rings (SSSR count). The van der Waals surface area contributed by atoms with Gasteiger partial charge in [0.1, 0.15) is 5.75 Å². The Hall–Kier alpha value is -1.66. The number of alkyl halides is 3. The van der Waals surface area contributed by atoms with E-state index in [0.29, 0.717) is 0 Å². The molecule has 4 nitrogen and oxygen atoms in total. The van der Waals surface area contributed by atoms with Crippen LogP contribution >= 0.6 is 0 Å². The van der Waals surface area contributed by atoms with Crippen molar-refractivity contribution < 1.29 is 27.8 Å². The third-order valence-electron chi connectivity index (χ3n) is 1.26. The first-order valence-electron chi connectivity index (χ1n) is 3.41. The first kappa shape index (κ1) is 10.4. The molecule has 7 heteroatoms. The van der Waals surface area contributed by atoms with Gasteiger partial charge in [-0.3, -0.25) is 0 Å². The molecule has 0 atom stereocenters. The number of pyridine rings is 1. The first-order valence-corrected chi connectivity index (χ1v) is 3.41. The molecule has 0 spiro atoms. The summed E-state index contributed by atoms with van der Waals surface area (Å²) in [5.74, 6) is -1.50. The van der Waals surface area contributed by atoms with E-state index in [-0.39, 0.29) is 5.75 Å². The van der Waals surface area contributed by atoms with Crippen molar-refractivity contribution in [2.24, 2.45) is 0 Å². The van der Waals surface area contributed by atoms with Crippen LogP contribution in [-0.2, 0) is 0 Å². The summed E-state index contributed by atoms with van der Waals surface area (Å²) in [6.07, 6.45) is -3.88. The third kappa shape index (κ3) is 2.68. The molecular formula is C7H6F3NO3. The van der Waals surface area contributed by atoms with Gasteiger partial charge >= 0.3 is 6.36 Å². The Bertz CT molecular complexity index is 326. The van der Waals surface area contributed by atoms with E-state index in [2.05, 4.69) is 14.5 Å². The highest BCUT2D eigenvalue weighted by molar-refractivity contribution is 5.37. The molecule has 0 aromatic carbocycles. The van der Waals surface area contributed by atoms with Crippen LogP contribution in [-0.4, -0.2) is 23.6 Å². The van der Waals surface area contributed by atoms with Crippen LogP contribution in [0, 0.1) is 0 Å². The molecule has 0 saturated carbocycles. The van der Waals surface area contributed by atoms with Crippen LogP contribution in [0.1, 0.15) is 0 Å². The van der Waals surface area contributed by atoms with Gasteiger partial charge in [-0.05, 0) is 0 Å². The number of halogens is 3. The van der Waals surface area contributed by atoms with E-state index in [1.165, 1.54) is 7.11 Å². The number of hydrogen-bond donors (Lipinski definition) is 1. The lowest BCUT2D eigenvalue weighted by Crippen LogP contribution is -2.17. The number of methoxy groups -OCH3 is 1. The minimum absolute atomic E-state index is 0.136. The van der Waals surface area contributed by atoms with Crippen molar-refractivity contribution in [3.05, 3.63) is 12.3 Å². The summed E-state index contributed by atoms with van der Waals surface area (Å²) in [5.41, 5.74) is 0. The van der Waals surface area contributed by atoms with Gasteiger partial charge in [-0.15, -0.1) is 13.2 Å². The zero-order valence-corrected chi connectivity index (χ0v) is 7.00. The van der Waals surface area contributed by atoms with Crippen LogP contribution in [0.4, 0.5) is 13.2 Å². The SMILES string of the molecule is COc1cnc(OC(F)(F)F)c(O)c1. The normalized spacial score (nSPS) is 11.1. The number of nitrogens with zero attached hydrogens (tertiary/aromatic N) is 1. The van der Waals surface area contributed by atoms with E-state index in [1.807, 2.05) is 0 Å². The maximum absolute atomic E-state index is 11.7. The minimum atomic E-state index is -4.88. The largest absolute Gasteiger partial charge is 0.574 e. The summed E-state index contributed by atoms with van der Waals surface area (Å²) in [6.45, 7) is 0. The van der Waals surface area contributed by atoms with Crippen LogP contribution < -0.4 is 9.47 Å².